The number of rotatable bonds is 3. The Labute approximate surface area is 161 Å². The van der Waals surface area contributed by atoms with Crippen LogP contribution in [0.5, 0.6) is 0 Å². The minimum atomic E-state index is -0.921. The normalized spacial score (nSPS) is 21.5. The average molecular weight is 382 g/mol. The number of hydrogen-bond donors (Lipinski definition) is 0. The number of hydrazone groups is 1. The Morgan fingerprint density at radius 2 is 1.74 bits per heavy atom. The van der Waals surface area contributed by atoms with Crippen molar-refractivity contribution < 1.29 is 14.4 Å². The van der Waals surface area contributed by atoms with Gasteiger partial charge < -0.3 is 0 Å². The van der Waals surface area contributed by atoms with Crippen molar-refractivity contribution in [3.05, 3.63) is 59.1 Å². The fourth-order valence-corrected chi connectivity index (χ4v) is 3.67. The highest BCUT2D eigenvalue weighted by Gasteiger charge is 2.58. The number of nitrogens with zero attached hydrogens (tertiary/aromatic N) is 3. The number of fused-ring (bicyclic) bond motifs is 1. The van der Waals surface area contributed by atoms with Crippen molar-refractivity contribution in [1.82, 2.24) is 0 Å². The maximum Gasteiger partial charge on any atom is 0.259 e. The number of anilines is 2. The molecule has 7 heteroatoms. The number of carbonyl (C=O) groups is 3. The minimum Gasteiger partial charge on any atom is -0.293 e. The van der Waals surface area contributed by atoms with E-state index in [1.165, 1.54) is 11.9 Å². The van der Waals surface area contributed by atoms with Gasteiger partial charge in [-0.05, 0) is 37.3 Å². The highest BCUT2D eigenvalue weighted by atomic mass is 35.5. The first-order chi connectivity index (χ1) is 12.9. The maximum absolute atomic E-state index is 13.2. The van der Waals surface area contributed by atoms with Gasteiger partial charge in [-0.1, -0.05) is 35.4 Å². The maximum atomic E-state index is 13.2. The van der Waals surface area contributed by atoms with E-state index < -0.39 is 23.8 Å². The van der Waals surface area contributed by atoms with Gasteiger partial charge >= 0.3 is 0 Å². The molecule has 0 saturated carbocycles. The van der Waals surface area contributed by atoms with E-state index in [4.69, 9.17) is 11.6 Å². The molecule has 2 aromatic rings. The lowest BCUT2D eigenvalue weighted by Gasteiger charge is -2.22. The van der Waals surface area contributed by atoms with Crippen molar-refractivity contribution in [3.63, 3.8) is 0 Å². The molecular weight excluding hydrogens is 366 g/mol. The van der Waals surface area contributed by atoms with E-state index in [0.29, 0.717) is 16.4 Å². The van der Waals surface area contributed by atoms with Crippen LogP contribution < -0.4 is 9.91 Å². The monoisotopic (exact) mass is 381 g/mol. The highest BCUT2D eigenvalue weighted by molar-refractivity contribution is 6.48. The largest absolute Gasteiger partial charge is 0.293 e. The summed E-state index contributed by atoms with van der Waals surface area (Å²) in [6, 6.07) is 13.0. The van der Waals surface area contributed by atoms with E-state index in [9.17, 15) is 14.4 Å². The van der Waals surface area contributed by atoms with Crippen molar-refractivity contribution >= 4 is 46.3 Å². The average Bonchev–Trinajstić information content (AvgIpc) is 3.14. The molecule has 2 aliphatic heterocycles. The van der Waals surface area contributed by atoms with Gasteiger partial charge in [0.1, 0.15) is 17.7 Å². The van der Waals surface area contributed by atoms with E-state index in [0.717, 1.165) is 10.5 Å². The molecule has 6 nitrogen and oxygen atoms in total. The Morgan fingerprint density at radius 3 is 2.37 bits per heavy atom. The summed E-state index contributed by atoms with van der Waals surface area (Å²) in [5.41, 5.74) is 2.15. The molecule has 4 rings (SSSR count). The fraction of sp³-hybridized carbons (Fsp3) is 0.200. The zero-order valence-corrected chi connectivity index (χ0v) is 15.5. The van der Waals surface area contributed by atoms with Crippen molar-refractivity contribution in [3.8, 4) is 0 Å². The number of aryl methyl sites for hydroxylation is 1. The molecule has 0 aliphatic carbocycles. The van der Waals surface area contributed by atoms with Crippen molar-refractivity contribution in [1.29, 1.82) is 0 Å². The second kappa shape index (κ2) is 6.32. The first-order valence-corrected chi connectivity index (χ1v) is 8.85. The number of amides is 2. The van der Waals surface area contributed by atoms with Crippen LogP contribution in [0.15, 0.2) is 53.6 Å². The summed E-state index contributed by atoms with van der Waals surface area (Å²) in [4.78, 5) is 39.5. The number of imide groups is 1. The Kier molecular flexibility index (Phi) is 4.08. The van der Waals surface area contributed by atoms with Crippen LogP contribution in [-0.2, 0) is 14.4 Å². The number of ketones is 1. The third-order valence-corrected chi connectivity index (χ3v) is 5.01. The van der Waals surface area contributed by atoms with Crippen molar-refractivity contribution in [2.45, 2.75) is 19.9 Å². The Bertz CT molecular complexity index is 1000. The third-order valence-electron chi connectivity index (χ3n) is 4.77. The van der Waals surface area contributed by atoms with Gasteiger partial charge in [-0.2, -0.15) is 5.10 Å². The second-order valence-electron chi connectivity index (χ2n) is 6.64. The van der Waals surface area contributed by atoms with Crippen LogP contribution in [0.25, 0.3) is 0 Å². The third kappa shape index (κ3) is 2.73. The van der Waals surface area contributed by atoms with E-state index in [2.05, 4.69) is 5.10 Å². The molecule has 0 aromatic heterocycles. The molecule has 2 amide bonds. The number of carbonyl (C=O) groups excluding carboxylic acids is 3. The Morgan fingerprint density at radius 1 is 1.04 bits per heavy atom. The quantitative estimate of drug-likeness (QED) is 0.766. The van der Waals surface area contributed by atoms with Crippen LogP contribution in [-0.4, -0.2) is 29.4 Å². The summed E-state index contributed by atoms with van der Waals surface area (Å²) < 4.78 is 0. The summed E-state index contributed by atoms with van der Waals surface area (Å²) >= 11 is 6.07. The topological polar surface area (TPSA) is 70.1 Å². The van der Waals surface area contributed by atoms with E-state index in [1.807, 2.05) is 19.1 Å². The van der Waals surface area contributed by atoms with Crippen LogP contribution in [0, 0.1) is 12.8 Å². The number of hydrogen-bond acceptors (Lipinski definition) is 5. The molecule has 2 aliphatic rings. The molecule has 0 spiro atoms. The van der Waals surface area contributed by atoms with Crippen molar-refractivity contribution in [2.24, 2.45) is 11.0 Å². The standard InChI is InChI=1S/C20H16ClN3O3/c1-11-6-8-14(9-7-11)23-19(26)16-17(12(2)25)22-24(18(16)20(23)27)15-5-3-4-13(21)10-15/h3-10,16,18H,1-2H3. The van der Waals surface area contributed by atoms with Gasteiger partial charge in [0, 0.05) is 11.9 Å². The molecule has 136 valence electrons. The molecule has 2 aromatic carbocycles. The van der Waals surface area contributed by atoms with Crippen LogP contribution in [0.2, 0.25) is 5.02 Å². The van der Waals surface area contributed by atoms with Gasteiger partial charge in [-0.15, -0.1) is 0 Å². The van der Waals surface area contributed by atoms with Gasteiger partial charge in [0.05, 0.1) is 11.4 Å². The molecule has 0 N–H and O–H groups in total. The molecular formula is C20H16ClN3O3. The van der Waals surface area contributed by atoms with Gasteiger partial charge in [-0.25, -0.2) is 4.90 Å². The first kappa shape index (κ1) is 17.4. The SMILES string of the molecule is CC(=O)C1=NN(c2cccc(Cl)c2)C2C(=O)N(c3ccc(C)cc3)C(=O)C12. The molecule has 0 bridgehead atoms. The predicted octanol–water partition coefficient (Wildman–Crippen LogP) is 2.97. The van der Waals surface area contributed by atoms with E-state index in [-0.39, 0.29) is 11.5 Å². The van der Waals surface area contributed by atoms with Gasteiger partial charge in [0.15, 0.2) is 5.78 Å². The summed E-state index contributed by atoms with van der Waals surface area (Å²) in [5, 5.41) is 6.21. The summed E-state index contributed by atoms with van der Waals surface area (Å²) in [5.74, 6) is -2.10. The summed E-state index contributed by atoms with van der Waals surface area (Å²) in [6.45, 7) is 3.27. The highest BCUT2D eigenvalue weighted by Crippen LogP contribution is 2.38. The second-order valence-corrected chi connectivity index (χ2v) is 7.07. The zero-order valence-electron chi connectivity index (χ0n) is 14.7. The lowest BCUT2D eigenvalue weighted by molar-refractivity contribution is -0.122. The molecule has 1 fully saturated rings. The molecule has 1 saturated heterocycles. The summed E-state index contributed by atoms with van der Waals surface area (Å²) in [6.07, 6.45) is 0. The Balaban J connectivity index is 1.80. The summed E-state index contributed by atoms with van der Waals surface area (Å²) in [7, 11) is 0. The molecule has 2 atom stereocenters. The lowest BCUT2D eigenvalue weighted by atomic mass is 9.95. The van der Waals surface area contributed by atoms with Gasteiger partial charge in [0.25, 0.3) is 5.91 Å². The van der Waals surface area contributed by atoms with Crippen LogP contribution in [0.3, 0.4) is 0 Å². The zero-order chi connectivity index (χ0) is 19.3. The molecule has 2 heterocycles. The first-order valence-electron chi connectivity index (χ1n) is 8.47. The molecule has 2 unspecified atom stereocenters. The van der Waals surface area contributed by atoms with Crippen molar-refractivity contribution in [2.75, 3.05) is 9.91 Å². The smallest absolute Gasteiger partial charge is 0.259 e. The number of Topliss-reactive ketones (excluding diaryl/α,β-unsaturated/α-hetero) is 1. The predicted molar refractivity (Wildman–Crippen MR) is 103 cm³/mol. The lowest BCUT2D eigenvalue weighted by Crippen LogP contribution is -2.39. The van der Waals surface area contributed by atoms with Crippen LogP contribution >= 0.6 is 11.6 Å². The number of halogens is 1. The van der Waals surface area contributed by atoms with E-state index >= 15 is 0 Å². The van der Waals surface area contributed by atoms with Crippen LogP contribution in [0.4, 0.5) is 11.4 Å². The van der Waals surface area contributed by atoms with Crippen LogP contribution in [0.1, 0.15) is 12.5 Å². The Hall–Kier alpha value is -2.99. The molecule has 27 heavy (non-hydrogen) atoms. The minimum absolute atomic E-state index is 0.0907. The molecule has 0 radical (unpaired) electrons. The number of benzene rings is 2. The van der Waals surface area contributed by atoms with Gasteiger partial charge in [-0.3, -0.25) is 19.4 Å². The van der Waals surface area contributed by atoms with Gasteiger partial charge in [0.2, 0.25) is 5.91 Å². The van der Waals surface area contributed by atoms with E-state index in [1.54, 1.807) is 36.4 Å². The fourth-order valence-electron chi connectivity index (χ4n) is 3.49.